The minimum absolute atomic E-state index is 1.13. The standard InChI is InChI=1S/2C48H29NS3/c1-4-14-41-37(9-1)38-28-27-34(29-46(38)52-41)49(32-23-19-30(20-24-32)35-12-7-17-44-47(35)39-10-2-5-15-42(39)50-44)33-25-21-31(22-26-33)36-13-8-18-45-48(36)40-11-3-6-16-43(40)51-45;1-4-12-42-37(8-1)39-26-25-35(29-47(39)52-42)49(33-21-16-30(17-22-33)32-20-27-45-41(28-32)38-9-2-5-13-43(38)50-45)34-23-18-31(19-24-34)36-11-7-15-46-48(36)40-10-3-6-14-44(40)51-46/h2*1-29H. The third-order valence-electron chi connectivity index (χ3n) is 20.6. The van der Waals surface area contributed by atoms with Crippen LogP contribution in [-0.4, -0.2) is 0 Å². The van der Waals surface area contributed by atoms with Gasteiger partial charge >= 0.3 is 0 Å². The van der Waals surface area contributed by atoms with Crippen LogP contribution in [0.1, 0.15) is 0 Å². The third-order valence-corrected chi connectivity index (χ3v) is 27.4. The van der Waals surface area contributed by atoms with Crippen LogP contribution < -0.4 is 9.80 Å². The molecule has 0 saturated heterocycles. The van der Waals surface area contributed by atoms with E-state index in [9.17, 15) is 0 Å². The molecule has 0 aliphatic rings. The van der Waals surface area contributed by atoms with Gasteiger partial charge in [0.25, 0.3) is 0 Å². The van der Waals surface area contributed by atoms with E-state index in [1.54, 1.807) is 0 Å². The molecule has 0 unspecified atom stereocenters. The molecule has 0 amide bonds. The fourth-order valence-corrected chi connectivity index (χ4v) is 22.5. The number of nitrogens with zero attached hydrogens (tertiary/aromatic N) is 2. The Morgan fingerprint density at radius 2 is 0.394 bits per heavy atom. The summed E-state index contributed by atoms with van der Waals surface area (Å²) in [6, 6.07) is 130. The average Bonchev–Trinajstić information content (AvgIpc) is 1.56. The van der Waals surface area contributed by atoms with E-state index in [0.29, 0.717) is 0 Å². The van der Waals surface area contributed by atoms with Crippen LogP contribution in [0.15, 0.2) is 352 Å². The van der Waals surface area contributed by atoms with Crippen LogP contribution in [0.25, 0.3) is 166 Å². The summed E-state index contributed by atoms with van der Waals surface area (Å²) in [6.45, 7) is 0. The molecule has 0 saturated carbocycles. The van der Waals surface area contributed by atoms with Crippen molar-refractivity contribution in [2.24, 2.45) is 0 Å². The maximum absolute atomic E-state index is 2.40. The van der Waals surface area contributed by atoms with Gasteiger partial charge in [-0.25, -0.2) is 0 Å². The molecule has 8 heteroatoms. The lowest BCUT2D eigenvalue weighted by atomic mass is 9.98. The zero-order valence-corrected chi connectivity index (χ0v) is 60.7. The first-order chi connectivity index (χ1) is 51.5. The second kappa shape index (κ2) is 25.2. The van der Waals surface area contributed by atoms with Crippen LogP contribution in [0.2, 0.25) is 0 Å². The number of hydrogen-bond donors (Lipinski definition) is 0. The molecule has 0 radical (unpaired) electrons. The van der Waals surface area contributed by atoms with Gasteiger partial charge in [0.2, 0.25) is 0 Å². The number of anilines is 6. The highest BCUT2D eigenvalue weighted by Gasteiger charge is 2.21. The van der Waals surface area contributed by atoms with E-state index in [-0.39, 0.29) is 0 Å². The number of fused-ring (bicyclic) bond motifs is 18. The molecular formula is C96H58N2S6. The summed E-state index contributed by atoms with van der Waals surface area (Å²) < 4.78 is 15.9. The molecule has 0 aliphatic carbocycles. The fraction of sp³-hybridized carbons (Fsp3) is 0. The molecule has 0 aliphatic heterocycles. The molecule has 2 nitrogen and oxygen atoms in total. The van der Waals surface area contributed by atoms with Crippen molar-refractivity contribution in [1.29, 1.82) is 0 Å². The van der Waals surface area contributed by atoms with Crippen molar-refractivity contribution < 1.29 is 0 Å². The molecule has 6 heterocycles. The molecular weight excluding hydrogens is 1370 g/mol. The molecule has 22 aromatic rings. The van der Waals surface area contributed by atoms with Crippen molar-refractivity contribution in [2.45, 2.75) is 0 Å². The number of hydrogen-bond acceptors (Lipinski definition) is 8. The number of benzene rings is 16. The smallest absolute Gasteiger partial charge is 0.0476 e. The van der Waals surface area contributed by atoms with Crippen molar-refractivity contribution in [3.05, 3.63) is 352 Å². The Morgan fingerprint density at radius 1 is 0.144 bits per heavy atom. The SMILES string of the molecule is c1ccc2c(c1)sc1cc(N(c3ccc(-c4ccc5sc6ccccc6c5c4)cc3)c3ccc(-c4cccc5sc6ccccc6c45)cc3)ccc12.c1ccc2c(c1)sc1cc(N(c3ccc(-c4cccc5sc6ccccc6c45)cc3)c3ccc(-c4cccc5sc6ccccc6c45)cc3)ccc12. The average molecular weight is 1430 g/mol. The third kappa shape index (κ3) is 10.4. The van der Waals surface area contributed by atoms with Crippen LogP contribution in [0.5, 0.6) is 0 Å². The topological polar surface area (TPSA) is 6.48 Å². The minimum Gasteiger partial charge on any atom is -0.310 e. The molecule has 16 aromatic carbocycles. The van der Waals surface area contributed by atoms with E-state index in [0.717, 1.165) is 34.1 Å². The van der Waals surface area contributed by atoms with Crippen LogP contribution >= 0.6 is 68.0 Å². The van der Waals surface area contributed by atoms with Gasteiger partial charge in [-0.15, -0.1) is 68.0 Å². The Balaban J connectivity index is 0.000000134. The molecule has 488 valence electrons. The highest BCUT2D eigenvalue weighted by atomic mass is 32.1. The zero-order valence-electron chi connectivity index (χ0n) is 55.8. The van der Waals surface area contributed by atoms with Crippen molar-refractivity contribution in [1.82, 2.24) is 0 Å². The first-order valence-corrected chi connectivity index (χ1v) is 39.9. The Labute approximate surface area is 623 Å². The van der Waals surface area contributed by atoms with E-state index >= 15 is 0 Å². The molecule has 6 aromatic heterocycles. The molecule has 0 bridgehead atoms. The summed E-state index contributed by atoms with van der Waals surface area (Å²) in [5, 5.41) is 15.9. The van der Waals surface area contributed by atoms with E-state index in [1.807, 2.05) is 68.0 Å². The first-order valence-electron chi connectivity index (χ1n) is 35.0. The second-order valence-electron chi connectivity index (χ2n) is 26.6. The lowest BCUT2D eigenvalue weighted by molar-refractivity contribution is 1.29. The monoisotopic (exact) mass is 1430 g/mol. The van der Waals surface area contributed by atoms with Crippen LogP contribution in [0.3, 0.4) is 0 Å². The van der Waals surface area contributed by atoms with Crippen molar-refractivity contribution in [3.63, 3.8) is 0 Å². The Hall–Kier alpha value is -11.6. The lowest BCUT2D eigenvalue weighted by Gasteiger charge is -2.26. The fourth-order valence-electron chi connectivity index (χ4n) is 15.7. The summed E-state index contributed by atoms with van der Waals surface area (Å²) in [5.74, 6) is 0. The van der Waals surface area contributed by atoms with Gasteiger partial charge in [0, 0.05) is 155 Å². The molecule has 0 fully saturated rings. The number of thiophene rings is 6. The predicted octanol–water partition coefficient (Wildman–Crippen LogP) is 31.2. The van der Waals surface area contributed by atoms with Crippen LogP contribution in [0, 0.1) is 0 Å². The van der Waals surface area contributed by atoms with Gasteiger partial charge in [-0.3, -0.25) is 0 Å². The van der Waals surface area contributed by atoms with Gasteiger partial charge in [-0.1, -0.05) is 212 Å². The van der Waals surface area contributed by atoms with Gasteiger partial charge in [0.1, 0.15) is 0 Å². The van der Waals surface area contributed by atoms with E-state index in [1.165, 1.54) is 166 Å². The van der Waals surface area contributed by atoms with Crippen LogP contribution in [0.4, 0.5) is 34.1 Å². The largest absolute Gasteiger partial charge is 0.310 e. The quantitative estimate of drug-likeness (QED) is 0.135. The predicted molar refractivity (Wildman–Crippen MR) is 461 cm³/mol. The van der Waals surface area contributed by atoms with Gasteiger partial charge in [-0.2, -0.15) is 0 Å². The lowest BCUT2D eigenvalue weighted by Crippen LogP contribution is -2.09. The summed E-state index contributed by atoms with van der Waals surface area (Å²) in [7, 11) is 0. The van der Waals surface area contributed by atoms with Gasteiger partial charge in [0.15, 0.2) is 0 Å². The molecule has 0 atom stereocenters. The zero-order chi connectivity index (χ0) is 68.3. The summed E-state index contributed by atoms with van der Waals surface area (Å²) >= 11 is 11.2. The van der Waals surface area contributed by atoms with Crippen molar-refractivity contribution in [2.75, 3.05) is 9.80 Å². The van der Waals surface area contributed by atoms with Gasteiger partial charge in [0.05, 0.1) is 0 Å². The Kier molecular flexibility index (Phi) is 14.8. The Bertz CT molecular complexity index is 6950. The second-order valence-corrected chi connectivity index (χ2v) is 33.1. The highest BCUT2D eigenvalue weighted by Crippen LogP contribution is 2.49. The van der Waals surface area contributed by atoms with E-state index in [4.69, 9.17) is 0 Å². The maximum atomic E-state index is 2.40. The molecule has 22 rings (SSSR count). The molecule has 0 N–H and O–H groups in total. The summed E-state index contributed by atoms with van der Waals surface area (Å²) in [6.07, 6.45) is 0. The minimum atomic E-state index is 1.13. The highest BCUT2D eigenvalue weighted by molar-refractivity contribution is 7.28. The van der Waals surface area contributed by atoms with E-state index in [2.05, 4.69) is 362 Å². The molecule has 0 spiro atoms. The normalized spacial score (nSPS) is 11.8. The summed E-state index contributed by atoms with van der Waals surface area (Å²) in [5.41, 5.74) is 16.8. The molecule has 104 heavy (non-hydrogen) atoms. The van der Waals surface area contributed by atoms with Gasteiger partial charge < -0.3 is 9.80 Å². The summed E-state index contributed by atoms with van der Waals surface area (Å²) in [4.78, 5) is 4.80. The van der Waals surface area contributed by atoms with Crippen molar-refractivity contribution in [3.8, 4) is 44.5 Å². The first kappa shape index (κ1) is 61.1. The Morgan fingerprint density at radius 3 is 0.760 bits per heavy atom. The van der Waals surface area contributed by atoms with Gasteiger partial charge in [-0.05, 0) is 184 Å². The van der Waals surface area contributed by atoms with Crippen molar-refractivity contribution >= 4 is 223 Å². The maximum Gasteiger partial charge on any atom is 0.0476 e. The van der Waals surface area contributed by atoms with E-state index < -0.39 is 0 Å². The van der Waals surface area contributed by atoms with Crippen LogP contribution in [-0.2, 0) is 0 Å². The number of rotatable bonds is 10.